The Morgan fingerprint density at radius 1 is 1.18 bits per heavy atom. The zero-order chi connectivity index (χ0) is 15.8. The van der Waals surface area contributed by atoms with E-state index in [0.717, 1.165) is 25.3 Å². The summed E-state index contributed by atoms with van der Waals surface area (Å²) >= 11 is 0. The Hall–Kier alpha value is -1.91. The first-order valence-corrected chi connectivity index (χ1v) is 7.72. The number of hydrogen-bond acceptors (Lipinski definition) is 4. The molecule has 0 saturated heterocycles. The number of aromatic nitrogens is 1. The molecule has 0 fully saturated rings. The normalized spacial score (nSPS) is 12.4. The summed E-state index contributed by atoms with van der Waals surface area (Å²) < 4.78 is 5.75. The topological polar surface area (TPSA) is 51.4 Å². The summed E-state index contributed by atoms with van der Waals surface area (Å²) in [6, 6.07) is 12.4. The highest BCUT2D eigenvalue weighted by molar-refractivity contribution is 5.23. The first kappa shape index (κ1) is 16.5. The van der Waals surface area contributed by atoms with Gasteiger partial charge >= 0.3 is 0 Å². The Morgan fingerprint density at radius 3 is 2.68 bits per heavy atom. The first-order valence-electron chi connectivity index (χ1n) is 7.72. The van der Waals surface area contributed by atoms with E-state index in [0.29, 0.717) is 6.61 Å². The highest BCUT2D eigenvalue weighted by atomic mass is 16.5. The Labute approximate surface area is 132 Å². The van der Waals surface area contributed by atoms with Crippen molar-refractivity contribution in [3.63, 3.8) is 0 Å². The van der Waals surface area contributed by atoms with Gasteiger partial charge in [-0.1, -0.05) is 37.3 Å². The van der Waals surface area contributed by atoms with Crippen LogP contribution >= 0.6 is 0 Å². The lowest BCUT2D eigenvalue weighted by Crippen LogP contribution is -2.39. The van der Waals surface area contributed by atoms with Gasteiger partial charge in [-0.3, -0.25) is 4.98 Å². The molecule has 1 aromatic heterocycles. The van der Waals surface area contributed by atoms with Gasteiger partial charge in [0, 0.05) is 19.3 Å². The number of aryl methyl sites for hydroxylation is 1. The van der Waals surface area contributed by atoms with E-state index in [4.69, 9.17) is 10.5 Å². The molecule has 0 radical (unpaired) electrons. The standard InChI is InChI=1S/C18H25N3O/c1-3-15-9-18(11-20-10-15)22-14-17(19)13-21(2)12-16-7-5-4-6-8-16/h4-11,17H,3,12-14,19H2,1-2H3/t17-/m0/s1. The third kappa shape index (κ3) is 5.47. The fourth-order valence-corrected chi connectivity index (χ4v) is 2.35. The van der Waals surface area contributed by atoms with Crippen molar-refractivity contribution in [2.24, 2.45) is 5.73 Å². The molecule has 1 heterocycles. The molecule has 22 heavy (non-hydrogen) atoms. The quantitative estimate of drug-likeness (QED) is 0.813. The lowest BCUT2D eigenvalue weighted by molar-refractivity contribution is 0.232. The van der Waals surface area contributed by atoms with Gasteiger partial charge in [0.1, 0.15) is 12.4 Å². The van der Waals surface area contributed by atoms with Gasteiger partial charge in [-0.2, -0.15) is 0 Å². The number of nitrogens with two attached hydrogens (primary N) is 1. The van der Waals surface area contributed by atoms with Crippen molar-refractivity contribution in [1.29, 1.82) is 0 Å². The zero-order valence-electron chi connectivity index (χ0n) is 13.4. The highest BCUT2D eigenvalue weighted by Gasteiger charge is 2.09. The van der Waals surface area contributed by atoms with Crippen molar-refractivity contribution in [2.75, 3.05) is 20.2 Å². The van der Waals surface area contributed by atoms with Crippen LogP contribution in [0.4, 0.5) is 0 Å². The molecule has 0 saturated carbocycles. The maximum absolute atomic E-state index is 6.16. The van der Waals surface area contributed by atoms with Crippen LogP contribution < -0.4 is 10.5 Å². The lowest BCUT2D eigenvalue weighted by atomic mass is 10.2. The van der Waals surface area contributed by atoms with Crippen LogP contribution in [0.25, 0.3) is 0 Å². The Morgan fingerprint density at radius 2 is 1.95 bits per heavy atom. The second-order valence-corrected chi connectivity index (χ2v) is 5.64. The summed E-state index contributed by atoms with van der Waals surface area (Å²) in [7, 11) is 2.08. The monoisotopic (exact) mass is 299 g/mol. The van der Waals surface area contributed by atoms with Gasteiger partial charge in [0.15, 0.2) is 0 Å². The molecule has 0 bridgehead atoms. The first-order chi connectivity index (χ1) is 10.7. The van der Waals surface area contributed by atoms with Crippen LogP contribution in [0.3, 0.4) is 0 Å². The van der Waals surface area contributed by atoms with Gasteiger partial charge < -0.3 is 15.4 Å². The predicted octanol–water partition coefficient (Wildman–Crippen LogP) is 2.48. The molecule has 0 aliphatic rings. The van der Waals surface area contributed by atoms with E-state index in [9.17, 15) is 0 Å². The van der Waals surface area contributed by atoms with Gasteiger partial charge in [-0.05, 0) is 30.7 Å². The summed E-state index contributed by atoms with van der Waals surface area (Å²) in [6.45, 7) is 4.27. The molecular weight excluding hydrogens is 274 g/mol. The molecule has 4 heteroatoms. The smallest absolute Gasteiger partial charge is 0.137 e. The number of likely N-dealkylation sites (N-methyl/N-ethyl adjacent to an activating group) is 1. The Kier molecular flexibility index (Phi) is 6.37. The molecular formula is C18H25N3O. The largest absolute Gasteiger partial charge is 0.490 e. The summed E-state index contributed by atoms with van der Waals surface area (Å²) in [5, 5.41) is 0. The summed E-state index contributed by atoms with van der Waals surface area (Å²) in [5.74, 6) is 0.792. The minimum atomic E-state index is -0.0287. The van der Waals surface area contributed by atoms with Crippen molar-refractivity contribution in [3.8, 4) is 5.75 Å². The van der Waals surface area contributed by atoms with Crippen LogP contribution in [0.5, 0.6) is 5.75 Å². The molecule has 2 aromatic rings. The fraction of sp³-hybridized carbons (Fsp3) is 0.389. The molecule has 2 rings (SSSR count). The van der Waals surface area contributed by atoms with Gasteiger partial charge in [0.05, 0.1) is 12.2 Å². The molecule has 4 nitrogen and oxygen atoms in total. The predicted molar refractivity (Wildman–Crippen MR) is 89.9 cm³/mol. The number of hydrogen-bond donors (Lipinski definition) is 1. The van der Waals surface area contributed by atoms with Crippen LogP contribution in [-0.2, 0) is 13.0 Å². The number of rotatable bonds is 8. The molecule has 1 atom stereocenters. The third-order valence-electron chi connectivity index (χ3n) is 3.48. The fourth-order valence-electron chi connectivity index (χ4n) is 2.35. The van der Waals surface area contributed by atoms with Crippen molar-refractivity contribution in [1.82, 2.24) is 9.88 Å². The second-order valence-electron chi connectivity index (χ2n) is 5.64. The molecule has 0 aliphatic carbocycles. The zero-order valence-corrected chi connectivity index (χ0v) is 13.4. The lowest BCUT2D eigenvalue weighted by Gasteiger charge is -2.21. The summed E-state index contributed by atoms with van der Waals surface area (Å²) in [4.78, 5) is 6.39. The minimum absolute atomic E-state index is 0.0287. The van der Waals surface area contributed by atoms with E-state index in [1.54, 1.807) is 6.20 Å². The average molecular weight is 299 g/mol. The molecule has 0 aliphatic heterocycles. The summed E-state index contributed by atoms with van der Waals surface area (Å²) in [5.41, 5.74) is 8.62. The highest BCUT2D eigenvalue weighted by Crippen LogP contribution is 2.12. The number of nitrogens with zero attached hydrogens (tertiary/aromatic N) is 2. The van der Waals surface area contributed by atoms with E-state index < -0.39 is 0 Å². The maximum atomic E-state index is 6.16. The van der Waals surface area contributed by atoms with Crippen molar-refractivity contribution >= 4 is 0 Å². The van der Waals surface area contributed by atoms with Crippen molar-refractivity contribution < 1.29 is 4.74 Å². The Balaban J connectivity index is 1.76. The van der Waals surface area contributed by atoms with Crippen LogP contribution in [0.1, 0.15) is 18.1 Å². The molecule has 1 aromatic carbocycles. The molecule has 0 unspecified atom stereocenters. The SMILES string of the molecule is CCc1cncc(OC[C@@H](N)CN(C)Cc2ccccc2)c1. The van der Waals surface area contributed by atoms with Crippen molar-refractivity contribution in [3.05, 3.63) is 59.9 Å². The third-order valence-corrected chi connectivity index (χ3v) is 3.48. The van der Waals surface area contributed by atoms with E-state index in [-0.39, 0.29) is 6.04 Å². The minimum Gasteiger partial charge on any atom is -0.490 e. The van der Waals surface area contributed by atoms with Crippen LogP contribution in [0, 0.1) is 0 Å². The number of benzene rings is 1. The van der Waals surface area contributed by atoms with E-state index in [2.05, 4.69) is 48.1 Å². The van der Waals surface area contributed by atoms with Crippen LogP contribution in [0.15, 0.2) is 48.8 Å². The molecule has 0 spiro atoms. The molecule has 2 N–H and O–H groups in total. The van der Waals surface area contributed by atoms with Crippen molar-refractivity contribution in [2.45, 2.75) is 25.9 Å². The van der Waals surface area contributed by atoms with Gasteiger partial charge in [0.25, 0.3) is 0 Å². The van der Waals surface area contributed by atoms with E-state index >= 15 is 0 Å². The van der Waals surface area contributed by atoms with Gasteiger partial charge in [-0.15, -0.1) is 0 Å². The maximum Gasteiger partial charge on any atom is 0.137 e. The van der Waals surface area contributed by atoms with Crippen LogP contribution in [0.2, 0.25) is 0 Å². The Bertz CT molecular complexity index is 559. The van der Waals surface area contributed by atoms with E-state index in [1.165, 1.54) is 11.1 Å². The van der Waals surface area contributed by atoms with E-state index in [1.807, 2.05) is 18.3 Å². The molecule has 118 valence electrons. The number of ether oxygens (including phenoxy) is 1. The second kappa shape index (κ2) is 8.51. The van der Waals surface area contributed by atoms with Crippen LogP contribution in [-0.4, -0.2) is 36.1 Å². The average Bonchev–Trinajstić information content (AvgIpc) is 2.54. The summed E-state index contributed by atoms with van der Waals surface area (Å²) in [6.07, 6.45) is 4.55. The molecule has 0 amide bonds. The van der Waals surface area contributed by atoms with Gasteiger partial charge in [0.2, 0.25) is 0 Å². The van der Waals surface area contributed by atoms with Gasteiger partial charge in [-0.25, -0.2) is 0 Å². The number of pyridine rings is 1.